The van der Waals surface area contributed by atoms with Crippen LogP contribution in [-0.2, 0) is 9.59 Å². The van der Waals surface area contributed by atoms with E-state index in [0.717, 1.165) is 5.56 Å². The Kier molecular flexibility index (Phi) is 6.72. The lowest BCUT2D eigenvalue weighted by atomic mass is 9.93. The molecule has 0 radical (unpaired) electrons. The van der Waals surface area contributed by atoms with Gasteiger partial charge >= 0.3 is 0 Å². The van der Waals surface area contributed by atoms with Crippen molar-refractivity contribution in [1.29, 1.82) is 0 Å². The first-order valence-electron chi connectivity index (χ1n) is 12.4. The molecule has 1 amide bonds. The first-order chi connectivity index (χ1) is 18.3. The lowest BCUT2D eigenvalue weighted by molar-refractivity contribution is -0.132. The minimum atomic E-state index is -0.905. The van der Waals surface area contributed by atoms with E-state index in [2.05, 4.69) is 0 Å². The number of benzene rings is 3. The van der Waals surface area contributed by atoms with Gasteiger partial charge in [-0.25, -0.2) is 0 Å². The molecule has 2 aliphatic rings. The monoisotopic (exact) mass is 515 g/mol. The second-order valence-corrected chi connectivity index (χ2v) is 9.39. The second-order valence-electron chi connectivity index (χ2n) is 9.39. The molecule has 5 rings (SSSR count). The van der Waals surface area contributed by atoms with Crippen LogP contribution in [0.25, 0.3) is 5.76 Å². The van der Waals surface area contributed by atoms with Gasteiger partial charge in [0.1, 0.15) is 30.5 Å². The Labute approximate surface area is 221 Å². The van der Waals surface area contributed by atoms with E-state index in [-0.39, 0.29) is 17.3 Å². The molecule has 3 aromatic carbocycles. The van der Waals surface area contributed by atoms with Gasteiger partial charge in [-0.1, -0.05) is 26.0 Å². The molecule has 0 aromatic heterocycles. The molecule has 1 fully saturated rings. The molecular weight excluding hydrogens is 486 g/mol. The lowest BCUT2D eigenvalue weighted by Gasteiger charge is -2.27. The highest BCUT2D eigenvalue weighted by Gasteiger charge is 2.47. The topological polar surface area (TPSA) is 94.5 Å². The zero-order chi connectivity index (χ0) is 27.0. The van der Waals surface area contributed by atoms with Crippen LogP contribution in [0.4, 0.5) is 5.69 Å². The maximum atomic E-state index is 13.6. The number of aliphatic hydroxyl groups excluding tert-OH is 1. The fourth-order valence-corrected chi connectivity index (χ4v) is 4.90. The molecule has 38 heavy (non-hydrogen) atoms. The summed E-state index contributed by atoms with van der Waals surface area (Å²) < 4.78 is 22.2. The third-order valence-electron chi connectivity index (χ3n) is 6.78. The van der Waals surface area contributed by atoms with Gasteiger partial charge in [-0.05, 0) is 59.5 Å². The van der Waals surface area contributed by atoms with Crippen molar-refractivity contribution in [3.63, 3.8) is 0 Å². The second kappa shape index (κ2) is 10.1. The van der Waals surface area contributed by atoms with Crippen molar-refractivity contribution in [2.24, 2.45) is 0 Å². The number of anilines is 1. The van der Waals surface area contributed by atoms with E-state index >= 15 is 0 Å². The highest BCUT2D eigenvalue weighted by Crippen LogP contribution is 2.45. The first kappa shape index (κ1) is 25.2. The lowest BCUT2D eigenvalue weighted by Crippen LogP contribution is -2.29. The summed E-state index contributed by atoms with van der Waals surface area (Å²) in [5.74, 6) is 0.582. The number of nitrogens with zero attached hydrogens (tertiary/aromatic N) is 1. The first-order valence-corrected chi connectivity index (χ1v) is 12.4. The van der Waals surface area contributed by atoms with Crippen molar-refractivity contribution in [2.75, 3.05) is 32.3 Å². The van der Waals surface area contributed by atoms with Gasteiger partial charge in [-0.3, -0.25) is 14.5 Å². The Balaban J connectivity index is 1.71. The third kappa shape index (κ3) is 4.32. The molecule has 3 aromatic rings. The van der Waals surface area contributed by atoms with Crippen molar-refractivity contribution < 1.29 is 33.6 Å². The van der Waals surface area contributed by atoms with E-state index in [0.29, 0.717) is 53.0 Å². The summed E-state index contributed by atoms with van der Waals surface area (Å²) in [5, 5.41) is 11.6. The number of carbonyl (C=O) groups is 2. The highest BCUT2D eigenvalue weighted by atomic mass is 16.6. The minimum absolute atomic E-state index is 0.0157. The van der Waals surface area contributed by atoms with Crippen molar-refractivity contribution in [3.8, 4) is 23.0 Å². The van der Waals surface area contributed by atoms with Gasteiger partial charge in [0.05, 0.1) is 25.8 Å². The highest BCUT2D eigenvalue weighted by molar-refractivity contribution is 6.51. The number of aliphatic hydroxyl groups is 1. The van der Waals surface area contributed by atoms with Gasteiger partial charge in [0.25, 0.3) is 11.7 Å². The Morgan fingerprint density at radius 2 is 1.71 bits per heavy atom. The molecule has 0 bridgehead atoms. The SMILES string of the molecule is COc1cccc(C2/C(=C(\O)c3ccc(OC)c(C(C)C)c3)C(=O)C(=O)N2c2ccc3c(c2)OCCO3)c1. The van der Waals surface area contributed by atoms with Gasteiger partial charge in [0.2, 0.25) is 0 Å². The van der Waals surface area contributed by atoms with E-state index in [1.54, 1.807) is 74.9 Å². The number of carbonyl (C=O) groups excluding carboxylic acids is 2. The van der Waals surface area contributed by atoms with Gasteiger partial charge in [-0.15, -0.1) is 0 Å². The van der Waals surface area contributed by atoms with Crippen molar-refractivity contribution in [1.82, 2.24) is 0 Å². The van der Waals surface area contributed by atoms with Crippen molar-refractivity contribution in [3.05, 3.63) is 82.9 Å². The fourth-order valence-electron chi connectivity index (χ4n) is 4.90. The van der Waals surface area contributed by atoms with E-state index < -0.39 is 17.7 Å². The molecule has 1 N–H and O–H groups in total. The average Bonchev–Trinajstić information content (AvgIpc) is 3.21. The van der Waals surface area contributed by atoms with Crippen LogP contribution in [-0.4, -0.2) is 44.2 Å². The van der Waals surface area contributed by atoms with Crippen LogP contribution < -0.4 is 23.8 Å². The number of amides is 1. The summed E-state index contributed by atoms with van der Waals surface area (Å²) in [6.45, 7) is 4.84. The number of methoxy groups -OCH3 is 2. The molecule has 2 heterocycles. The molecule has 0 aliphatic carbocycles. The predicted octanol–water partition coefficient (Wildman–Crippen LogP) is 5.22. The van der Waals surface area contributed by atoms with E-state index in [1.165, 1.54) is 4.90 Å². The summed E-state index contributed by atoms with van der Waals surface area (Å²) in [4.78, 5) is 28.5. The normalized spacial score (nSPS) is 18.1. The zero-order valence-corrected chi connectivity index (χ0v) is 21.7. The number of fused-ring (bicyclic) bond motifs is 1. The summed E-state index contributed by atoms with van der Waals surface area (Å²) in [6.07, 6.45) is 0. The van der Waals surface area contributed by atoms with Gasteiger partial charge in [0, 0.05) is 17.3 Å². The van der Waals surface area contributed by atoms with Crippen LogP contribution in [0.2, 0.25) is 0 Å². The van der Waals surface area contributed by atoms with E-state index in [9.17, 15) is 14.7 Å². The smallest absolute Gasteiger partial charge is 0.300 e. The van der Waals surface area contributed by atoms with E-state index in [1.807, 2.05) is 13.8 Å². The molecule has 8 nitrogen and oxygen atoms in total. The van der Waals surface area contributed by atoms with Crippen LogP contribution in [0.15, 0.2) is 66.2 Å². The number of ketones is 1. The standard InChI is InChI=1S/C30H29NO7/c1-17(2)22-15-19(8-10-23(22)36-4)28(32)26-27(18-6-5-7-21(14-18)35-3)31(30(34)29(26)33)20-9-11-24-25(16-20)38-13-12-37-24/h5-11,14-17,27,32H,12-13H2,1-4H3/b28-26+. The van der Waals surface area contributed by atoms with E-state index in [4.69, 9.17) is 18.9 Å². The van der Waals surface area contributed by atoms with Gasteiger partial charge < -0.3 is 24.1 Å². The molecule has 1 unspecified atom stereocenters. The van der Waals surface area contributed by atoms with Crippen molar-refractivity contribution >= 4 is 23.1 Å². The Hall–Kier alpha value is -4.46. The molecule has 8 heteroatoms. The molecular formula is C30H29NO7. The largest absolute Gasteiger partial charge is 0.507 e. The van der Waals surface area contributed by atoms with Crippen LogP contribution in [0.1, 0.15) is 42.5 Å². The summed E-state index contributed by atoms with van der Waals surface area (Å²) in [5.41, 5.74) is 2.33. The van der Waals surface area contributed by atoms with Gasteiger partial charge in [-0.2, -0.15) is 0 Å². The quantitative estimate of drug-likeness (QED) is 0.273. The van der Waals surface area contributed by atoms with Gasteiger partial charge in [0.15, 0.2) is 11.5 Å². The summed E-state index contributed by atoms with van der Waals surface area (Å²) in [7, 11) is 3.13. The molecule has 0 spiro atoms. The summed E-state index contributed by atoms with van der Waals surface area (Å²) in [6, 6.07) is 16.5. The predicted molar refractivity (Wildman–Crippen MR) is 142 cm³/mol. The number of hydrogen-bond acceptors (Lipinski definition) is 7. The zero-order valence-electron chi connectivity index (χ0n) is 21.7. The average molecular weight is 516 g/mol. The summed E-state index contributed by atoms with van der Waals surface area (Å²) >= 11 is 0. The third-order valence-corrected chi connectivity index (χ3v) is 6.78. The molecule has 196 valence electrons. The van der Waals surface area contributed by atoms with Crippen LogP contribution in [0.5, 0.6) is 23.0 Å². The van der Waals surface area contributed by atoms with Crippen molar-refractivity contribution in [2.45, 2.75) is 25.8 Å². The van der Waals surface area contributed by atoms with Crippen LogP contribution >= 0.6 is 0 Å². The number of hydrogen-bond donors (Lipinski definition) is 1. The minimum Gasteiger partial charge on any atom is -0.507 e. The fraction of sp³-hybridized carbons (Fsp3) is 0.267. The Morgan fingerprint density at radius 1 is 0.947 bits per heavy atom. The molecule has 1 atom stereocenters. The molecule has 0 saturated carbocycles. The molecule has 1 saturated heterocycles. The number of Topliss-reactive ketones (excluding diaryl/α,β-unsaturated/α-hetero) is 1. The number of rotatable bonds is 6. The molecule has 2 aliphatic heterocycles. The van der Waals surface area contributed by atoms with Crippen LogP contribution in [0, 0.1) is 0 Å². The van der Waals surface area contributed by atoms with Crippen LogP contribution in [0.3, 0.4) is 0 Å². The maximum Gasteiger partial charge on any atom is 0.300 e. The Bertz CT molecular complexity index is 1440. The Morgan fingerprint density at radius 3 is 2.42 bits per heavy atom. The number of ether oxygens (including phenoxy) is 4. The maximum absolute atomic E-state index is 13.6.